The number of ether oxygens (including phenoxy) is 3. The molecule has 0 bridgehead atoms. The molecule has 0 aliphatic heterocycles. The summed E-state index contributed by atoms with van der Waals surface area (Å²) >= 11 is 1.60. The molecule has 3 rings (SSSR count). The standard InChI is InChI=1S/C25H24N2O6S/c1-31-21-5-3-4-19(14-21)27-23(28)15-32-20-10-6-17(7-11-20)25(30)33-16-24(29)26-18-8-12-22(34-2)13-9-18/h3-14H,15-16H2,1-2H3,(H,26,29)(H,27,28). The Hall–Kier alpha value is -3.98. The zero-order valence-electron chi connectivity index (χ0n) is 18.7. The molecule has 176 valence electrons. The lowest BCUT2D eigenvalue weighted by atomic mass is 10.2. The molecule has 34 heavy (non-hydrogen) atoms. The van der Waals surface area contributed by atoms with E-state index >= 15 is 0 Å². The van der Waals surface area contributed by atoms with Gasteiger partial charge in [-0.3, -0.25) is 9.59 Å². The molecule has 3 aromatic carbocycles. The van der Waals surface area contributed by atoms with Crippen LogP contribution in [0.3, 0.4) is 0 Å². The van der Waals surface area contributed by atoms with Gasteiger partial charge in [-0.15, -0.1) is 11.8 Å². The highest BCUT2D eigenvalue weighted by atomic mass is 32.2. The van der Waals surface area contributed by atoms with E-state index in [0.717, 1.165) is 4.90 Å². The minimum absolute atomic E-state index is 0.209. The Labute approximate surface area is 201 Å². The van der Waals surface area contributed by atoms with Crippen molar-refractivity contribution in [3.63, 3.8) is 0 Å². The SMILES string of the molecule is COc1cccc(NC(=O)COc2ccc(C(=O)OCC(=O)Nc3ccc(SC)cc3)cc2)c1. The molecule has 8 nitrogen and oxygen atoms in total. The van der Waals surface area contributed by atoms with Gasteiger partial charge in [-0.05, 0) is 66.9 Å². The van der Waals surface area contributed by atoms with Gasteiger partial charge >= 0.3 is 5.97 Å². The van der Waals surface area contributed by atoms with Gasteiger partial charge in [-0.2, -0.15) is 0 Å². The van der Waals surface area contributed by atoms with E-state index in [1.54, 1.807) is 67.4 Å². The number of nitrogens with one attached hydrogen (secondary N) is 2. The van der Waals surface area contributed by atoms with Gasteiger partial charge in [0.15, 0.2) is 13.2 Å². The number of rotatable bonds is 10. The first-order valence-corrected chi connectivity index (χ1v) is 11.5. The van der Waals surface area contributed by atoms with Gasteiger partial charge in [0, 0.05) is 22.3 Å². The number of carbonyl (C=O) groups is 3. The molecule has 0 radical (unpaired) electrons. The molecule has 0 saturated carbocycles. The van der Waals surface area contributed by atoms with Crippen LogP contribution in [0.1, 0.15) is 10.4 Å². The van der Waals surface area contributed by atoms with Crippen LogP contribution in [0.15, 0.2) is 77.7 Å². The van der Waals surface area contributed by atoms with Crippen molar-refractivity contribution in [3.8, 4) is 11.5 Å². The van der Waals surface area contributed by atoms with Crippen molar-refractivity contribution in [1.82, 2.24) is 0 Å². The topological polar surface area (TPSA) is 103 Å². The lowest BCUT2D eigenvalue weighted by Gasteiger charge is -2.09. The number of thioether (sulfide) groups is 1. The van der Waals surface area contributed by atoms with E-state index in [0.29, 0.717) is 22.9 Å². The summed E-state index contributed by atoms with van der Waals surface area (Å²) in [7, 11) is 1.55. The fourth-order valence-electron chi connectivity index (χ4n) is 2.82. The van der Waals surface area contributed by atoms with Crippen LogP contribution in [0.2, 0.25) is 0 Å². The van der Waals surface area contributed by atoms with Crippen LogP contribution in [0, 0.1) is 0 Å². The van der Waals surface area contributed by atoms with E-state index in [1.165, 1.54) is 12.1 Å². The van der Waals surface area contributed by atoms with Crippen LogP contribution in [0.25, 0.3) is 0 Å². The Morgan fingerprint density at radius 1 is 0.794 bits per heavy atom. The first-order valence-electron chi connectivity index (χ1n) is 10.2. The minimum Gasteiger partial charge on any atom is -0.497 e. The second-order valence-corrected chi connectivity index (χ2v) is 7.83. The largest absolute Gasteiger partial charge is 0.497 e. The maximum atomic E-state index is 12.2. The smallest absolute Gasteiger partial charge is 0.338 e. The fraction of sp³-hybridized carbons (Fsp3) is 0.160. The van der Waals surface area contributed by atoms with Crippen LogP contribution in [0.4, 0.5) is 11.4 Å². The summed E-state index contributed by atoms with van der Waals surface area (Å²) in [4.78, 5) is 37.4. The zero-order chi connectivity index (χ0) is 24.3. The van der Waals surface area contributed by atoms with Crippen molar-refractivity contribution in [1.29, 1.82) is 0 Å². The van der Waals surface area contributed by atoms with E-state index in [9.17, 15) is 14.4 Å². The summed E-state index contributed by atoms with van der Waals surface area (Å²) in [6.07, 6.45) is 1.96. The first kappa shape index (κ1) is 24.7. The number of anilines is 2. The average Bonchev–Trinajstić information content (AvgIpc) is 2.87. The molecular weight excluding hydrogens is 456 g/mol. The van der Waals surface area contributed by atoms with Gasteiger partial charge < -0.3 is 24.8 Å². The normalized spacial score (nSPS) is 10.2. The molecule has 2 amide bonds. The molecule has 9 heteroatoms. The second-order valence-electron chi connectivity index (χ2n) is 6.95. The molecule has 0 saturated heterocycles. The molecule has 0 aromatic heterocycles. The number of benzene rings is 3. The summed E-state index contributed by atoms with van der Waals surface area (Å²) in [5.41, 5.74) is 1.47. The summed E-state index contributed by atoms with van der Waals surface area (Å²) in [6.45, 7) is -0.620. The highest BCUT2D eigenvalue weighted by molar-refractivity contribution is 7.98. The molecule has 2 N–H and O–H groups in total. The van der Waals surface area contributed by atoms with Gasteiger partial charge in [0.2, 0.25) is 0 Å². The first-order chi connectivity index (χ1) is 16.5. The van der Waals surface area contributed by atoms with Crippen LogP contribution in [0.5, 0.6) is 11.5 Å². The molecule has 0 aliphatic carbocycles. The van der Waals surface area contributed by atoms with Crippen molar-refractivity contribution < 1.29 is 28.6 Å². The Balaban J connectivity index is 1.42. The quantitative estimate of drug-likeness (QED) is 0.331. The number of hydrogen-bond acceptors (Lipinski definition) is 7. The van der Waals surface area contributed by atoms with Crippen molar-refractivity contribution >= 4 is 40.9 Å². The van der Waals surface area contributed by atoms with E-state index in [2.05, 4.69) is 10.6 Å². The summed E-state index contributed by atoms with van der Waals surface area (Å²) in [5, 5.41) is 5.38. The third-order valence-corrected chi connectivity index (χ3v) is 5.27. The molecular formula is C25H24N2O6S. The molecule has 3 aromatic rings. The Morgan fingerprint density at radius 3 is 2.15 bits per heavy atom. The highest BCUT2D eigenvalue weighted by Crippen LogP contribution is 2.18. The van der Waals surface area contributed by atoms with Gasteiger partial charge in [0.05, 0.1) is 12.7 Å². The maximum absolute atomic E-state index is 12.2. The molecule has 0 aliphatic rings. The number of esters is 1. The van der Waals surface area contributed by atoms with Crippen LogP contribution in [-0.4, -0.2) is 44.4 Å². The van der Waals surface area contributed by atoms with Gasteiger partial charge in [0.25, 0.3) is 11.8 Å². The van der Waals surface area contributed by atoms with E-state index in [-0.39, 0.29) is 18.1 Å². The Morgan fingerprint density at radius 2 is 1.47 bits per heavy atom. The van der Waals surface area contributed by atoms with Gasteiger partial charge in [0.1, 0.15) is 11.5 Å². The summed E-state index contributed by atoms with van der Waals surface area (Å²) in [5.74, 6) is -0.388. The van der Waals surface area contributed by atoms with E-state index in [1.807, 2.05) is 18.4 Å². The van der Waals surface area contributed by atoms with Gasteiger partial charge in [-0.1, -0.05) is 6.07 Å². The van der Waals surface area contributed by atoms with Crippen LogP contribution >= 0.6 is 11.8 Å². The molecule has 0 spiro atoms. The zero-order valence-corrected chi connectivity index (χ0v) is 19.5. The number of amides is 2. The van der Waals surface area contributed by atoms with Crippen molar-refractivity contribution in [2.75, 3.05) is 37.2 Å². The second kappa shape index (κ2) is 12.3. The number of carbonyl (C=O) groups excluding carboxylic acids is 3. The molecule has 0 fully saturated rings. The fourth-order valence-corrected chi connectivity index (χ4v) is 3.23. The lowest BCUT2D eigenvalue weighted by Crippen LogP contribution is -2.21. The predicted molar refractivity (Wildman–Crippen MR) is 131 cm³/mol. The van der Waals surface area contributed by atoms with Gasteiger partial charge in [-0.25, -0.2) is 4.79 Å². The Bertz CT molecular complexity index is 1130. The lowest BCUT2D eigenvalue weighted by molar-refractivity contribution is -0.119. The third kappa shape index (κ3) is 7.56. The van der Waals surface area contributed by atoms with E-state index in [4.69, 9.17) is 14.2 Å². The highest BCUT2D eigenvalue weighted by Gasteiger charge is 2.11. The molecule has 0 atom stereocenters. The van der Waals surface area contributed by atoms with Crippen molar-refractivity contribution in [2.24, 2.45) is 0 Å². The van der Waals surface area contributed by atoms with Crippen LogP contribution < -0.4 is 20.1 Å². The van der Waals surface area contributed by atoms with Crippen LogP contribution in [-0.2, 0) is 14.3 Å². The third-order valence-electron chi connectivity index (χ3n) is 4.52. The minimum atomic E-state index is -0.643. The molecule has 0 unspecified atom stereocenters. The molecule has 0 heterocycles. The maximum Gasteiger partial charge on any atom is 0.338 e. The van der Waals surface area contributed by atoms with Crippen molar-refractivity contribution in [2.45, 2.75) is 4.90 Å². The monoisotopic (exact) mass is 480 g/mol. The summed E-state index contributed by atoms with van der Waals surface area (Å²) in [6, 6.07) is 20.4. The Kier molecular flexibility index (Phi) is 8.93. The summed E-state index contributed by atoms with van der Waals surface area (Å²) < 4.78 is 15.6. The van der Waals surface area contributed by atoms with E-state index < -0.39 is 18.5 Å². The number of methoxy groups -OCH3 is 1. The average molecular weight is 481 g/mol. The van der Waals surface area contributed by atoms with Crippen molar-refractivity contribution in [3.05, 3.63) is 78.4 Å². The predicted octanol–water partition coefficient (Wildman–Crippen LogP) is 4.23. The number of hydrogen-bond donors (Lipinski definition) is 2.